The van der Waals surface area contributed by atoms with Crippen molar-refractivity contribution in [3.05, 3.63) is 35.5 Å². The Morgan fingerprint density at radius 3 is 2.77 bits per heavy atom. The fraction of sp³-hybridized carbons (Fsp3) is 0.111. The fourth-order valence-electron chi connectivity index (χ4n) is 1.36. The van der Waals surface area contributed by atoms with Crippen LogP contribution in [0.5, 0.6) is 0 Å². The smallest absolute Gasteiger partial charge is 0.135 e. The third-order valence-electron chi connectivity index (χ3n) is 1.92. The van der Waals surface area contributed by atoms with Crippen LogP contribution >= 0.6 is 11.6 Å². The van der Waals surface area contributed by atoms with Crippen LogP contribution < -0.4 is 0 Å². The molecule has 1 aromatic heterocycles. The maximum atomic E-state index is 13.2. The quantitative estimate of drug-likeness (QED) is 0.682. The Hall–Kier alpha value is -1.09. The minimum Gasteiger partial charge on any atom is -0.361 e. The van der Waals surface area contributed by atoms with Crippen LogP contribution in [0.3, 0.4) is 0 Å². The first kappa shape index (κ1) is 8.51. The van der Waals surface area contributed by atoms with E-state index in [-0.39, 0.29) is 5.88 Å². The number of aromatic amines is 1. The second kappa shape index (κ2) is 3.00. The number of hydrogen-bond acceptors (Lipinski definition) is 0. The molecule has 0 aliphatic heterocycles. The van der Waals surface area contributed by atoms with Gasteiger partial charge in [-0.3, -0.25) is 0 Å². The molecule has 0 aliphatic carbocycles. The number of benzene rings is 1. The lowest BCUT2D eigenvalue weighted by Crippen LogP contribution is -1.83. The third kappa shape index (κ3) is 1.29. The van der Waals surface area contributed by atoms with Crippen molar-refractivity contribution >= 4 is 22.5 Å². The van der Waals surface area contributed by atoms with Crippen LogP contribution in [0, 0.1) is 11.6 Å². The van der Waals surface area contributed by atoms with Crippen molar-refractivity contribution in [2.75, 3.05) is 0 Å². The molecule has 0 fully saturated rings. The molecule has 0 saturated carbocycles. The molecule has 1 heterocycles. The third-order valence-corrected chi connectivity index (χ3v) is 2.21. The second-order valence-corrected chi connectivity index (χ2v) is 3.02. The van der Waals surface area contributed by atoms with E-state index in [1.165, 1.54) is 6.07 Å². The summed E-state index contributed by atoms with van der Waals surface area (Å²) < 4.78 is 25.9. The number of aromatic nitrogens is 1. The molecule has 0 aliphatic rings. The first-order valence-electron chi connectivity index (χ1n) is 3.73. The Morgan fingerprint density at radius 1 is 1.31 bits per heavy atom. The summed E-state index contributed by atoms with van der Waals surface area (Å²) in [7, 11) is 0. The van der Waals surface area contributed by atoms with Crippen molar-refractivity contribution in [1.82, 2.24) is 4.98 Å². The van der Waals surface area contributed by atoms with Crippen molar-refractivity contribution in [3.63, 3.8) is 0 Å². The summed E-state index contributed by atoms with van der Waals surface area (Å²) in [5.74, 6) is -0.956. The molecule has 1 nitrogen and oxygen atoms in total. The van der Waals surface area contributed by atoms with E-state index in [1.54, 1.807) is 6.20 Å². The van der Waals surface area contributed by atoms with Gasteiger partial charge in [0.15, 0.2) is 0 Å². The van der Waals surface area contributed by atoms with Gasteiger partial charge in [0.05, 0.1) is 5.52 Å². The van der Waals surface area contributed by atoms with Crippen molar-refractivity contribution in [3.8, 4) is 0 Å². The average molecular weight is 202 g/mol. The van der Waals surface area contributed by atoms with E-state index in [0.29, 0.717) is 16.5 Å². The standard InChI is InChI=1S/C9H6ClF2N/c10-3-5-4-13-8-2-6(11)1-7(12)9(5)8/h1-2,4,13H,3H2. The zero-order chi connectivity index (χ0) is 9.42. The predicted molar refractivity (Wildman–Crippen MR) is 47.8 cm³/mol. The van der Waals surface area contributed by atoms with E-state index in [9.17, 15) is 8.78 Å². The van der Waals surface area contributed by atoms with E-state index in [2.05, 4.69) is 4.98 Å². The van der Waals surface area contributed by atoms with Crippen molar-refractivity contribution in [2.24, 2.45) is 0 Å². The lowest BCUT2D eigenvalue weighted by molar-refractivity contribution is 0.592. The van der Waals surface area contributed by atoms with Gasteiger partial charge >= 0.3 is 0 Å². The van der Waals surface area contributed by atoms with Gasteiger partial charge in [-0.1, -0.05) is 0 Å². The lowest BCUT2D eigenvalue weighted by Gasteiger charge is -1.95. The van der Waals surface area contributed by atoms with E-state index >= 15 is 0 Å². The first-order valence-corrected chi connectivity index (χ1v) is 4.27. The summed E-state index contributed by atoms with van der Waals surface area (Å²) in [6.45, 7) is 0. The first-order chi connectivity index (χ1) is 6.22. The number of H-pyrrole nitrogens is 1. The maximum Gasteiger partial charge on any atom is 0.135 e. The molecule has 68 valence electrons. The molecular weight excluding hydrogens is 196 g/mol. The van der Waals surface area contributed by atoms with Crippen LogP contribution in [0.1, 0.15) is 5.56 Å². The van der Waals surface area contributed by atoms with Gasteiger partial charge in [0, 0.05) is 23.5 Å². The topological polar surface area (TPSA) is 15.8 Å². The molecule has 2 rings (SSSR count). The van der Waals surface area contributed by atoms with Crippen LogP contribution in [-0.4, -0.2) is 4.98 Å². The Bertz CT molecular complexity index is 450. The number of alkyl halides is 1. The fourth-order valence-corrected chi connectivity index (χ4v) is 1.57. The van der Waals surface area contributed by atoms with Crippen LogP contribution in [-0.2, 0) is 5.88 Å². The van der Waals surface area contributed by atoms with Crippen LogP contribution in [0.25, 0.3) is 10.9 Å². The van der Waals surface area contributed by atoms with Crippen LogP contribution in [0.15, 0.2) is 18.3 Å². The minimum absolute atomic E-state index is 0.211. The van der Waals surface area contributed by atoms with Gasteiger partial charge in [-0.25, -0.2) is 8.78 Å². The van der Waals surface area contributed by atoms with Gasteiger partial charge in [0.1, 0.15) is 11.6 Å². The average Bonchev–Trinajstić information content (AvgIpc) is 2.47. The largest absolute Gasteiger partial charge is 0.361 e. The summed E-state index contributed by atoms with van der Waals surface area (Å²) in [6, 6.07) is 2.10. The molecule has 0 radical (unpaired) electrons. The van der Waals surface area contributed by atoms with Gasteiger partial charge in [-0.2, -0.15) is 0 Å². The van der Waals surface area contributed by atoms with Gasteiger partial charge in [0.2, 0.25) is 0 Å². The summed E-state index contributed by atoms with van der Waals surface area (Å²) in [4.78, 5) is 2.76. The summed E-state index contributed by atoms with van der Waals surface area (Å²) in [6.07, 6.45) is 1.58. The lowest BCUT2D eigenvalue weighted by atomic mass is 10.2. The van der Waals surface area contributed by atoms with E-state index in [0.717, 1.165) is 6.07 Å². The highest BCUT2D eigenvalue weighted by Crippen LogP contribution is 2.23. The highest BCUT2D eigenvalue weighted by Gasteiger charge is 2.09. The second-order valence-electron chi connectivity index (χ2n) is 2.76. The molecule has 0 bridgehead atoms. The summed E-state index contributed by atoms with van der Waals surface area (Å²) in [5, 5.41) is 0.372. The monoisotopic (exact) mass is 201 g/mol. The molecule has 4 heteroatoms. The van der Waals surface area contributed by atoms with Crippen molar-refractivity contribution < 1.29 is 8.78 Å². The molecule has 0 amide bonds. The Morgan fingerprint density at radius 2 is 2.08 bits per heavy atom. The van der Waals surface area contributed by atoms with Crippen LogP contribution in [0.2, 0.25) is 0 Å². The Kier molecular flexibility index (Phi) is 1.96. The number of nitrogens with one attached hydrogen (secondary N) is 1. The van der Waals surface area contributed by atoms with E-state index in [1.807, 2.05) is 0 Å². The van der Waals surface area contributed by atoms with E-state index in [4.69, 9.17) is 11.6 Å². The number of rotatable bonds is 1. The molecular formula is C9H6ClF2N. The van der Waals surface area contributed by atoms with Gasteiger partial charge in [0.25, 0.3) is 0 Å². The predicted octanol–water partition coefficient (Wildman–Crippen LogP) is 3.18. The minimum atomic E-state index is -0.590. The molecule has 1 aromatic carbocycles. The van der Waals surface area contributed by atoms with Gasteiger partial charge in [-0.05, 0) is 11.6 Å². The van der Waals surface area contributed by atoms with Crippen LogP contribution in [0.4, 0.5) is 8.78 Å². The zero-order valence-electron chi connectivity index (χ0n) is 6.57. The molecule has 0 spiro atoms. The SMILES string of the molecule is Fc1cc(F)c2c(CCl)c[nH]c2c1. The maximum absolute atomic E-state index is 13.2. The highest BCUT2D eigenvalue weighted by molar-refractivity contribution is 6.18. The molecule has 2 aromatic rings. The van der Waals surface area contributed by atoms with Crippen molar-refractivity contribution in [1.29, 1.82) is 0 Å². The normalized spacial score (nSPS) is 11.0. The van der Waals surface area contributed by atoms with Gasteiger partial charge in [-0.15, -0.1) is 11.6 Å². The number of fused-ring (bicyclic) bond motifs is 1. The molecule has 13 heavy (non-hydrogen) atoms. The zero-order valence-corrected chi connectivity index (χ0v) is 7.33. The molecule has 0 atom stereocenters. The molecule has 0 unspecified atom stereocenters. The van der Waals surface area contributed by atoms with Crippen molar-refractivity contribution in [2.45, 2.75) is 5.88 Å². The highest BCUT2D eigenvalue weighted by atomic mass is 35.5. The Labute approximate surface area is 78.3 Å². The number of hydrogen-bond donors (Lipinski definition) is 1. The molecule has 0 saturated heterocycles. The summed E-state index contributed by atoms with van der Waals surface area (Å²) in [5.41, 5.74) is 1.09. The van der Waals surface area contributed by atoms with E-state index < -0.39 is 11.6 Å². The molecule has 1 N–H and O–H groups in total. The van der Waals surface area contributed by atoms with Gasteiger partial charge < -0.3 is 4.98 Å². The summed E-state index contributed by atoms with van der Waals surface area (Å²) >= 11 is 5.58. The Balaban J connectivity index is 2.82. The number of halogens is 3.